The molecule has 1 rings (SSSR count). The number of methoxy groups -OCH3 is 1. The maximum Gasteiger partial charge on any atom is 0.309 e. The van der Waals surface area contributed by atoms with E-state index in [-0.39, 0.29) is 30.5 Å². The van der Waals surface area contributed by atoms with Gasteiger partial charge in [0, 0.05) is 19.2 Å². The summed E-state index contributed by atoms with van der Waals surface area (Å²) in [6.07, 6.45) is 0.997. The number of carbonyl (C=O) groups excluding carboxylic acids is 1. The topological polar surface area (TPSA) is 58.6 Å². The van der Waals surface area contributed by atoms with Crippen molar-refractivity contribution in [3.05, 3.63) is 35.4 Å². The number of hydrogen-bond donors (Lipinski definition) is 2. The molecule has 1 aromatic rings. The molecule has 0 radical (unpaired) electrons. The highest BCUT2D eigenvalue weighted by Gasteiger charge is 2.23. The smallest absolute Gasteiger partial charge is 0.309 e. The lowest BCUT2D eigenvalue weighted by Crippen LogP contribution is -2.40. The Morgan fingerprint density at radius 1 is 1.29 bits per heavy atom. The highest BCUT2D eigenvalue weighted by Crippen LogP contribution is 2.22. The Morgan fingerprint density at radius 2 is 1.90 bits per heavy atom. The Kier molecular flexibility index (Phi) is 6.85. The molecule has 1 unspecified atom stereocenters. The molecule has 4 heteroatoms. The molecular weight excluding hydrogens is 266 g/mol. The van der Waals surface area contributed by atoms with Gasteiger partial charge in [0.1, 0.15) is 0 Å². The van der Waals surface area contributed by atoms with Crippen molar-refractivity contribution in [2.75, 3.05) is 13.7 Å². The molecule has 0 fully saturated rings. The lowest BCUT2D eigenvalue weighted by atomic mass is 9.84. The van der Waals surface area contributed by atoms with Gasteiger partial charge in [0.05, 0.1) is 13.5 Å². The van der Waals surface area contributed by atoms with Gasteiger partial charge in [-0.05, 0) is 23.0 Å². The van der Waals surface area contributed by atoms with Crippen molar-refractivity contribution in [3.8, 4) is 0 Å². The van der Waals surface area contributed by atoms with Crippen molar-refractivity contribution < 1.29 is 14.6 Å². The molecule has 0 spiro atoms. The van der Waals surface area contributed by atoms with Crippen molar-refractivity contribution in [2.24, 2.45) is 5.41 Å². The standard InChI is InChI=1S/C17H27NO3/c1-17(2,3)15(9-10-19)18-12-14-8-6-5-7-13(14)11-16(20)21-4/h5-8,15,18-19H,9-12H2,1-4H3. The molecule has 0 aliphatic carbocycles. The Hall–Kier alpha value is -1.39. The first-order valence-electron chi connectivity index (χ1n) is 7.36. The van der Waals surface area contributed by atoms with Crippen LogP contribution in [-0.2, 0) is 22.5 Å². The molecule has 1 atom stereocenters. The van der Waals surface area contributed by atoms with E-state index in [0.717, 1.165) is 11.1 Å². The number of hydrogen-bond acceptors (Lipinski definition) is 4. The van der Waals surface area contributed by atoms with Gasteiger partial charge in [-0.1, -0.05) is 45.0 Å². The Bertz CT molecular complexity index is 452. The van der Waals surface area contributed by atoms with Crippen LogP contribution in [0.5, 0.6) is 0 Å². The van der Waals surface area contributed by atoms with Crippen LogP contribution in [0.3, 0.4) is 0 Å². The van der Waals surface area contributed by atoms with Crippen molar-refractivity contribution in [1.82, 2.24) is 5.32 Å². The summed E-state index contributed by atoms with van der Waals surface area (Å²) in [4.78, 5) is 11.5. The zero-order chi connectivity index (χ0) is 15.9. The number of rotatable bonds is 7. The van der Waals surface area contributed by atoms with Gasteiger partial charge in [0.2, 0.25) is 0 Å². The number of esters is 1. The normalized spacial score (nSPS) is 13.0. The monoisotopic (exact) mass is 293 g/mol. The van der Waals surface area contributed by atoms with Crippen LogP contribution in [0, 0.1) is 5.41 Å². The van der Waals surface area contributed by atoms with E-state index in [9.17, 15) is 9.90 Å². The molecule has 118 valence electrons. The average Bonchev–Trinajstić information content (AvgIpc) is 2.43. The molecule has 0 amide bonds. The summed E-state index contributed by atoms with van der Waals surface area (Å²) in [5.74, 6) is -0.231. The molecule has 21 heavy (non-hydrogen) atoms. The third kappa shape index (κ3) is 5.86. The van der Waals surface area contributed by atoms with Gasteiger partial charge in [-0.2, -0.15) is 0 Å². The lowest BCUT2D eigenvalue weighted by Gasteiger charge is -2.31. The predicted molar refractivity (Wildman–Crippen MR) is 83.9 cm³/mol. The SMILES string of the molecule is COC(=O)Cc1ccccc1CNC(CCO)C(C)(C)C. The lowest BCUT2D eigenvalue weighted by molar-refractivity contribution is -0.139. The van der Waals surface area contributed by atoms with Crippen molar-refractivity contribution in [1.29, 1.82) is 0 Å². The fourth-order valence-corrected chi connectivity index (χ4v) is 2.33. The third-order valence-electron chi connectivity index (χ3n) is 3.68. The summed E-state index contributed by atoms with van der Waals surface area (Å²) in [6, 6.07) is 8.08. The number of aliphatic hydroxyl groups is 1. The molecule has 4 nitrogen and oxygen atoms in total. The van der Waals surface area contributed by atoms with E-state index in [1.54, 1.807) is 0 Å². The van der Waals surface area contributed by atoms with Gasteiger partial charge in [-0.25, -0.2) is 0 Å². The molecule has 0 heterocycles. The van der Waals surface area contributed by atoms with E-state index in [2.05, 4.69) is 26.1 Å². The summed E-state index contributed by atoms with van der Waals surface area (Å²) >= 11 is 0. The second-order valence-corrected chi connectivity index (χ2v) is 6.33. The van der Waals surface area contributed by atoms with Crippen molar-refractivity contribution in [3.63, 3.8) is 0 Å². The quantitative estimate of drug-likeness (QED) is 0.757. The van der Waals surface area contributed by atoms with Crippen LogP contribution in [0.15, 0.2) is 24.3 Å². The predicted octanol–water partition coefficient (Wildman–Crippen LogP) is 2.29. The first-order chi connectivity index (χ1) is 9.88. The molecule has 0 aromatic heterocycles. The first-order valence-corrected chi connectivity index (χ1v) is 7.36. The fraction of sp³-hybridized carbons (Fsp3) is 0.588. The zero-order valence-electron chi connectivity index (χ0n) is 13.5. The van der Waals surface area contributed by atoms with Crippen LogP contribution >= 0.6 is 0 Å². The molecule has 1 aromatic carbocycles. The van der Waals surface area contributed by atoms with E-state index in [1.165, 1.54) is 7.11 Å². The number of nitrogens with one attached hydrogen (secondary N) is 1. The second-order valence-electron chi connectivity index (χ2n) is 6.33. The summed E-state index contributed by atoms with van der Waals surface area (Å²) in [5, 5.41) is 12.7. The second kappa shape index (κ2) is 8.15. The molecule has 2 N–H and O–H groups in total. The molecule has 0 saturated heterocycles. The summed E-state index contributed by atoms with van der Waals surface area (Å²) < 4.78 is 4.74. The van der Waals surface area contributed by atoms with E-state index in [4.69, 9.17) is 4.74 Å². The van der Waals surface area contributed by atoms with Crippen LogP contribution in [0.4, 0.5) is 0 Å². The van der Waals surface area contributed by atoms with Gasteiger partial charge >= 0.3 is 5.97 Å². The number of aliphatic hydroxyl groups excluding tert-OH is 1. The van der Waals surface area contributed by atoms with E-state index in [0.29, 0.717) is 13.0 Å². The number of carbonyl (C=O) groups is 1. The van der Waals surface area contributed by atoms with E-state index < -0.39 is 0 Å². The fourth-order valence-electron chi connectivity index (χ4n) is 2.33. The van der Waals surface area contributed by atoms with Crippen LogP contribution in [0.25, 0.3) is 0 Å². The summed E-state index contributed by atoms with van der Waals surface area (Å²) in [6.45, 7) is 7.30. The molecule has 0 aliphatic heterocycles. The Balaban J connectivity index is 2.76. The van der Waals surface area contributed by atoms with Crippen LogP contribution in [0.1, 0.15) is 38.3 Å². The minimum absolute atomic E-state index is 0.0695. The molecular formula is C17H27NO3. The van der Waals surface area contributed by atoms with Gasteiger partial charge in [-0.15, -0.1) is 0 Å². The Morgan fingerprint density at radius 3 is 2.43 bits per heavy atom. The Labute approximate surface area is 127 Å². The van der Waals surface area contributed by atoms with Gasteiger partial charge in [0.15, 0.2) is 0 Å². The van der Waals surface area contributed by atoms with Crippen LogP contribution in [0.2, 0.25) is 0 Å². The highest BCUT2D eigenvalue weighted by molar-refractivity contribution is 5.72. The molecule has 0 bridgehead atoms. The highest BCUT2D eigenvalue weighted by atomic mass is 16.5. The number of ether oxygens (including phenoxy) is 1. The van der Waals surface area contributed by atoms with E-state index in [1.807, 2.05) is 24.3 Å². The van der Waals surface area contributed by atoms with Gasteiger partial charge in [0.25, 0.3) is 0 Å². The minimum Gasteiger partial charge on any atom is -0.469 e. The largest absolute Gasteiger partial charge is 0.469 e. The molecule has 0 saturated carbocycles. The van der Waals surface area contributed by atoms with Crippen molar-refractivity contribution >= 4 is 5.97 Å². The number of benzene rings is 1. The van der Waals surface area contributed by atoms with Crippen molar-refractivity contribution in [2.45, 2.75) is 46.2 Å². The first kappa shape index (κ1) is 17.7. The summed E-state index contributed by atoms with van der Waals surface area (Å²) in [5.41, 5.74) is 2.14. The van der Waals surface area contributed by atoms with Gasteiger partial charge in [-0.3, -0.25) is 4.79 Å². The summed E-state index contributed by atoms with van der Waals surface area (Å²) in [7, 11) is 1.40. The minimum atomic E-state index is -0.231. The third-order valence-corrected chi connectivity index (χ3v) is 3.68. The van der Waals surface area contributed by atoms with Crippen LogP contribution in [-0.4, -0.2) is 30.8 Å². The van der Waals surface area contributed by atoms with E-state index >= 15 is 0 Å². The van der Waals surface area contributed by atoms with Crippen LogP contribution < -0.4 is 5.32 Å². The zero-order valence-corrected chi connectivity index (χ0v) is 13.5. The maximum absolute atomic E-state index is 11.5. The average molecular weight is 293 g/mol. The molecule has 0 aliphatic rings. The maximum atomic E-state index is 11.5. The van der Waals surface area contributed by atoms with Gasteiger partial charge < -0.3 is 15.2 Å².